The zero-order chi connectivity index (χ0) is 33.0. The van der Waals surface area contributed by atoms with E-state index in [4.69, 9.17) is 0 Å². The molecular weight excluding hydrogens is 536 g/mol. The number of hydrogen-bond donors (Lipinski definition) is 4. The maximum Gasteiger partial charge on any atom is 0.249 e. The zero-order valence-electron chi connectivity index (χ0n) is 28.9. The van der Waals surface area contributed by atoms with E-state index in [1.165, 1.54) is 22.3 Å². The lowest BCUT2D eigenvalue weighted by atomic mass is 9.79. The molecule has 2 rings (SSSR count). The van der Waals surface area contributed by atoms with Crippen LogP contribution in [0.15, 0.2) is 36.4 Å². The topological polar surface area (TPSA) is 98.7 Å². The van der Waals surface area contributed by atoms with Crippen molar-refractivity contribution < 1.29 is 19.8 Å². The lowest BCUT2D eigenvalue weighted by Gasteiger charge is -2.26. The number of rotatable bonds is 10. The summed E-state index contributed by atoms with van der Waals surface area (Å²) in [5, 5.41) is 26.8. The number of aliphatic hydroxyl groups is 2. The molecule has 0 fully saturated rings. The third-order valence-electron chi connectivity index (χ3n) is 7.87. The van der Waals surface area contributed by atoms with Gasteiger partial charge in [0.25, 0.3) is 0 Å². The van der Waals surface area contributed by atoms with Crippen molar-refractivity contribution >= 4 is 11.8 Å². The van der Waals surface area contributed by atoms with E-state index in [1.54, 1.807) is 0 Å². The summed E-state index contributed by atoms with van der Waals surface area (Å²) in [6, 6.07) is 12.7. The Morgan fingerprint density at radius 1 is 0.535 bits per heavy atom. The molecule has 0 spiro atoms. The Morgan fingerprint density at radius 3 is 1.02 bits per heavy atom. The quantitative estimate of drug-likeness (QED) is 0.253. The zero-order valence-corrected chi connectivity index (χ0v) is 28.9. The molecule has 2 atom stereocenters. The minimum atomic E-state index is -1.17. The van der Waals surface area contributed by atoms with Crippen LogP contribution < -0.4 is 10.6 Å². The van der Waals surface area contributed by atoms with Gasteiger partial charge in [-0.3, -0.25) is 9.59 Å². The van der Waals surface area contributed by atoms with Gasteiger partial charge in [-0.05, 0) is 61.5 Å². The summed E-state index contributed by atoms with van der Waals surface area (Å²) in [6.07, 6.45) is -1.38. The van der Waals surface area contributed by atoms with E-state index in [2.05, 4.69) is 130 Å². The molecular formula is C37H58N2O4. The van der Waals surface area contributed by atoms with Crippen LogP contribution in [0.25, 0.3) is 0 Å². The largest absolute Gasteiger partial charge is 0.383 e. The number of aliphatic hydroxyl groups excluding tert-OH is 2. The highest BCUT2D eigenvalue weighted by Crippen LogP contribution is 2.32. The van der Waals surface area contributed by atoms with Crippen molar-refractivity contribution in [3.8, 4) is 0 Å². The first kappa shape index (κ1) is 36.5. The van der Waals surface area contributed by atoms with Crippen LogP contribution in [0.1, 0.15) is 123 Å². The molecule has 0 aromatic heterocycles. The van der Waals surface area contributed by atoms with E-state index in [0.29, 0.717) is 19.5 Å². The number of nitrogens with one attached hydrogen (secondary N) is 2. The number of amides is 2. The average molecular weight is 595 g/mol. The molecule has 0 radical (unpaired) electrons. The Balaban J connectivity index is 1.89. The van der Waals surface area contributed by atoms with Crippen molar-refractivity contribution in [2.45, 2.75) is 136 Å². The molecule has 0 aliphatic rings. The molecule has 0 aliphatic carbocycles. The monoisotopic (exact) mass is 594 g/mol. The normalized spacial score (nSPS) is 14.3. The van der Waals surface area contributed by atoms with E-state index < -0.39 is 24.0 Å². The van der Waals surface area contributed by atoms with Crippen LogP contribution >= 0.6 is 0 Å². The first-order chi connectivity index (χ1) is 19.5. The molecule has 0 aliphatic heterocycles. The van der Waals surface area contributed by atoms with Gasteiger partial charge in [-0.1, -0.05) is 119 Å². The van der Waals surface area contributed by atoms with Crippen molar-refractivity contribution in [2.24, 2.45) is 0 Å². The summed E-state index contributed by atoms with van der Waals surface area (Å²) in [5.74, 6) is -0.864. The van der Waals surface area contributed by atoms with Gasteiger partial charge in [0, 0.05) is 25.9 Å². The number of carbonyl (C=O) groups excluding carboxylic acids is 2. The van der Waals surface area contributed by atoms with Crippen LogP contribution in [-0.2, 0) is 44.1 Å². The SMILES string of the molecule is CC(C)(C)c1cc(CC(O)C(=O)NCCCNC(=O)C(O)Cc2cc(C(C)(C)C)cc(C(C)(C)C)c2)cc(C(C)(C)C)c1. The van der Waals surface area contributed by atoms with Crippen LogP contribution in [0.2, 0.25) is 0 Å². The molecule has 2 amide bonds. The lowest BCUT2D eigenvalue weighted by molar-refractivity contribution is -0.129. The third-order valence-corrected chi connectivity index (χ3v) is 7.87. The number of hydrogen-bond acceptors (Lipinski definition) is 4. The van der Waals surface area contributed by atoms with Gasteiger partial charge in [0.2, 0.25) is 11.8 Å². The Kier molecular flexibility index (Phi) is 11.8. The van der Waals surface area contributed by atoms with Gasteiger partial charge in [-0.25, -0.2) is 0 Å². The second-order valence-electron chi connectivity index (χ2n) is 16.2. The minimum Gasteiger partial charge on any atom is -0.383 e. The Labute approximate surface area is 261 Å². The van der Waals surface area contributed by atoms with Crippen LogP contribution in [0.5, 0.6) is 0 Å². The highest BCUT2D eigenvalue weighted by molar-refractivity contribution is 5.81. The summed E-state index contributed by atoms with van der Waals surface area (Å²) in [6.45, 7) is 26.5. The molecule has 0 heterocycles. The van der Waals surface area contributed by atoms with Crippen molar-refractivity contribution in [3.63, 3.8) is 0 Å². The Bertz CT molecular complexity index is 1090. The number of carbonyl (C=O) groups is 2. The molecule has 2 aromatic carbocycles. The van der Waals surface area contributed by atoms with E-state index in [0.717, 1.165) is 11.1 Å². The van der Waals surface area contributed by atoms with Gasteiger partial charge < -0.3 is 20.8 Å². The third kappa shape index (κ3) is 11.4. The van der Waals surface area contributed by atoms with E-state index in [9.17, 15) is 19.8 Å². The standard InChI is InChI=1S/C37H58N2O4/c1-34(2,3)26-16-24(17-27(22-26)35(4,5)6)20-30(40)32(42)38-14-13-15-39-33(43)31(41)21-25-18-28(36(7,8)9)23-29(19-25)37(10,11)12/h16-19,22-23,30-31,40-41H,13-15,20-21H2,1-12H3,(H,38,42)(H,39,43). The highest BCUT2D eigenvalue weighted by atomic mass is 16.3. The minimum absolute atomic E-state index is 0.0485. The van der Waals surface area contributed by atoms with Gasteiger partial charge in [0.1, 0.15) is 12.2 Å². The fourth-order valence-electron chi connectivity index (χ4n) is 4.73. The van der Waals surface area contributed by atoms with Gasteiger partial charge in [-0.2, -0.15) is 0 Å². The van der Waals surface area contributed by atoms with Gasteiger partial charge in [-0.15, -0.1) is 0 Å². The second-order valence-corrected chi connectivity index (χ2v) is 16.2. The molecule has 0 saturated heterocycles. The van der Waals surface area contributed by atoms with Gasteiger partial charge >= 0.3 is 0 Å². The maximum absolute atomic E-state index is 12.6. The fourth-order valence-corrected chi connectivity index (χ4v) is 4.73. The summed E-state index contributed by atoms with van der Waals surface area (Å²) < 4.78 is 0. The summed E-state index contributed by atoms with van der Waals surface area (Å²) in [7, 11) is 0. The molecule has 2 unspecified atom stereocenters. The molecule has 0 bridgehead atoms. The van der Waals surface area contributed by atoms with Crippen LogP contribution in [0.4, 0.5) is 0 Å². The van der Waals surface area contributed by atoms with E-state index >= 15 is 0 Å². The summed E-state index contributed by atoms with van der Waals surface area (Å²) in [4.78, 5) is 25.3. The molecule has 0 saturated carbocycles. The molecule has 43 heavy (non-hydrogen) atoms. The van der Waals surface area contributed by atoms with Crippen LogP contribution in [0, 0.1) is 0 Å². The summed E-state index contributed by atoms with van der Waals surface area (Å²) >= 11 is 0. The Morgan fingerprint density at radius 2 is 0.791 bits per heavy atom. The predicted molar refractivity (Wildman–Crippen MR) is 178 cm³/mol. The average Bonchev–Trinajstić information content (AvgIpc) is 2.85. The smallest absolute Gasteiger partial charge is 0.249 e. The predicted octanol–water partition coefficient (Wildman–Crippen LogP) is 6.01. The van der Waals surface area contributed by atoms with Gasteiger partial charge in [0.05, 0.1) is 0 Å². The molecule has 6 heteroatoms. The van der Waals surface area contributed by atoms with E-state index in [-0.39, 0.29) is 34.5 Å². The number of benzene rings is 2. The maximum atomic E-state index is 12.6. The van der Waals surface area contributed by atoms with Crippen LogP contribution in [0.3, 0.4) is 0 Å². The molecule has 240 valence electrons. The van der Waals surface area contributed by atoms with E-state index in [1.807, 2.05) is 0 Å². The Hall–Kier alpha value is -2.70. The first-order valence-electron chi connectivity index (χ1n) is 15.7. The molecule has 6 nitrogen and oxygen atoms in total. The molecule has 2 aromatic rings. The second kappa shape index (κ2) is 13.9. The molecule has 4 N–H and O–H groups in total. The highest BCUT2D eigenvalue weighted by Gasteiger charge is 2.24. The van der Waals surface area contributed by atoms with Crippen LogP contribution in [-0.4, -0.2) is 47.3 Å². The summed E-state index contributed by atoms with van der Waals surface area (Å²) in [5.41, 5.74) is 6.39. The lowest BCUT2D eigenvalue weighted by Crippen LogP contribution is -2.39. The first-order valence-corrected chi connectivity index (χ1v) is 15.7. The van der Waals surface area contributed by atoms with Crippen molar-refractivity contribution in [3.05, 3.63) is 69.8 Å². The van der Waals surface area contributed by atoms with Crippen molar-refractivity contribution in [1.29, 1.82) is 0 Å². The van der Waals surface area contributed by atoms with Crippen molar-refractivity contribution in [2.75, 3.05) is 13.1 Å². The fraction of sp³-hybridized carbons (Fsp3) is 0.622. The van der Waals surface area contributed by atoms with Gasteiger partial charge in [0.15, 0.2) is 0 Å². The van der Waals surface area contributed by atoms with Crippen molar-refractivity contribution in [1.82, 2.24) is 10.6 Å².